The van der Waals surface area contributed by atoms with Crippen molar-refractivity contribution < 1.29 is 9.84 Å². The molecule has 0 amide bonds. The summed E-state index contributed by atoms with van der Waals surface area (Å²) < 4.78 is 6.10. The zero-order chi connectivity index (χ0) is 14.8. The molecule has 2 N–H and O–H groups in total. The molecule has 1 heterocycles. The summed E-state index contributed by atoms with van der Waals surface area (Å²) in [6.45, 7) is 8.64. The van der Waals surface area contributed by atoms with Gasteiger partial charge in [0.2, 0.25) is 0 Å². The third-order valence-corrected chi connectivity index (χ3v) is 4.06. The maximum Gasteiger partial charge on any atom is 0.0787 e. The molecule has 1 aliphatic rings. The van der Waals surface area contributed by atoms with Gasteiger partial charge in [-0.2, -0.15) is 0 Å². The molecule has 1 aliphatic heterocycles. The van der Waals surface area contributed by atoms with Crippen LogP contribution in [0, 0.1) is 0 Å². The third kappa shape index (κ3) is 3.81. The van der Waals surface area contributed by atoms with Crippen molar-refractivity contribution >= 4 is 0 Å². The molecule has 3 heteroatoms. The average molecular weight is 277 g/mol. The molecule has 0 bridgehead atoms. The van der Waals surface area contributed by atoms with E-state index in [1.165, 1.54) is 5.56 Å². The van der Waals surface area contributed by atoms with Crippen LogP contribution >= 0.6 is 0 Å². The smallest absolute Gasteiger partial charge is 0.0787 e. The minimum atomic E-state index is -0.201. The van der Waals surface area contributed by atoms with Crippen molar-refractivity contribution in [2.45, 2.75) is 63.8 Å². The Morgan fingerprint density at radius 2 is 1.90 bits per heavy atom. The molecule has 1 aromatic rings. The Morgan fingerprint density at radius 3 is 2.40 bits per heavy atom. The number of rotatable bonds is 5. The van der Waals surface area contributed by atoms with Gasteiger partial charge in [-0.15, -0.1) is 0 Å². The summed E-state index contributed by atoms with van der Waals surface area (Å²) in [5.74, 6) is 0. The van der Waals surface area contributed by atoms with E-state index in [0.717, 1.165) is 12.8 Å². The van der Waals surface area contributed by atoms with E-state index in [2.05, 4.69) is 45.1 Å². The molecule has 20 heavy (non-hydrogen) atoms. The van der Waals surface area contributed by atoms with Crippen LogP contribution in [0.5, 0.6) is 0 Å². The number of hydrogen-bond acceptors (Lipinski definition) is 3. The van der Waals surface area contributed by atoms with Gasteiger partial charge in [-0.1, -0.05) is 30.3 Å². The maximum absolute atomic E-state index is 9.64. The van der Waals surface area contributed by atoms with Crippen molar-refractivity contribution in [3.05, 3.63) is 35.9 Å². The van der Waals surface area contributed by atoms with Gasteiger partial charge in [-0.3, -0.25) is 0 Å². The van der Waals surface area contributed by atoms with Gasteiger partial charge in [0.1, 0.15) is 0 Å². The van der Waals surface area contributed by atoms with E-state index in [1.807, 2.05) is 18.2 Å². The van der Waals surface area contributed by atoms with Crippen LogP contribution in [0.3, 0.4) is 0 Å². The minimum absolute atomic E-state index is 0.0687. The van der Waals surface area contributed by atoms with Crippen LogP contribution < -0.4 is 5.32 Å². The van der Waals surface area contributed by atoms with E-state index in [-0.39, 0.29) is 29.9 Å². The molecular weight excluding hydrogens is 250 g/mol. The number of benzene rings is 1. The van der Waals surface area contributed by atoms with Gasteiger partial charge in [-0.25, -0.2) is 0 Å². The summed E-state index contributed by atoms with van der Waals surface area (Å²) in [7, 11) is 0. The number of hydrogen-bond donors (Lipinski definition) is 2. The first-order chi connectivity index (χ1) is 9.32. The second-order valence-electron chi connectivity index (χ2n) is 6.96. The van der Waals surface area contributed by atoms with E-state index in [0.29, 0.717) is 0 Å². The lowest BCUT2D eigenvalue weighted by molar-refractivity contribution is -0.0707. The van der Waals surface area contributed by atoms with Crippen LogP contribution in [0.1, 0.15) is 39.7 Å². The van der Waals surface area contributed by atoms with Crippen LogP contribution in [0.2, 0.25) is 0 Å². The summed E-state index contributed by atoms with van der Waals surface area (Å²) in [6, 6.07) is 10.6. The van der Waals surface area contributed by atoms with Crippen molar-refractivity contribution in [2.75, 3.05) is 6.61 Å². The standard InChI is InChI=1S/C17H27NO2/c1-16(2)11-15(17(3,4)20-16)18-14(12-19)10-13-8-6-5-7-9-13/h5-9,14-15,18-19H,10-12H2,1-4H3/t14-,15?/m1/s1. The molecule has 0 saturated carbocycles. The van der Waals surface area contributed by atoms with E-state index in [9.17, 15) is 5.11 Å². The Labute approximate surface area is 122 Å². The van der Waals surface area contributed by atoms with Gasteiger partial charge in [0.05, 0.1) is 17.8 Å². The lowest BCUT2D eigenvalue weighted by Gasteiger charge is -2.30. The third-order valence-electron chi connectivity index (χ3n) is 4.06. The predicted octanol–water partition coefficient (Wildman–Crippen LogP) is 2.53. The zero-order valence-electron chi connectivity index (χ0n) is 13.0. The zero-order valence-corrected chi connectivity index (χ0v) is 13.0. The van der Waals surface area contributed by atoms with E-state index in [1.54, 1.807) is 0 Å². The van der Waals surface area contributed by atoms with Gasteiger partial charge in [0, 0.05) is 12.1 Å². The normalized spacial score (nSPS) is 25.6. The highest BCUT2D eigenvalue weighted by Crippen LogP contribution is 2.37. The van der Waals surface area contributed by atoms with Crippen molar-refractivity contribution in [1.29, 1.82) is 0 Å². The van der Waals surface area contributed by atoms with E-state index >= 15 is 0 Å². The minimum Gasteiger partial charge on any atom is -0.395 e. The summed E-state index contributed by atoms with van der Waals surface area (Å²) in [5, 5.41) is 13.2. The highest BCUT2D eigenvalue weighted by Gasteiger charge is 2.46. The molecular formula is C17H27NO2. The first-order valence-corrected chi connectivity index (χ1v) is 7.43. The molecule has 0 aromatic heterocycles. The fraction of sp³-hybridized carbons (Fsp3) is 0.647. The molecule has 3 nitrogen and oxygen atoms in total. The Bertz CT molecular complexity index is 428. The molecule has 2 rings (SSSR count). The van der Waals surface area contributed by atoms with Crippen LogP contribution in [-0.4, -0.2) is 35.0 Å². The second kappa shape index (κ2) is 5.84. The quantitative estimate of drug-likeness (QED) is 0.869. The Kier molecular flexibility index (Phi) is 4.52. The number of ether oxygens (including phenoxy) is 1. The Morgan fingerprint density at radius 1 is 1.25 bits per heavy atom. The predicted molar refractivity (Wildman–Crippen MR) is 81.8 cm³/mol. The van der Waals surface area contributed by atoms with Gasteiger partial charge in [-0.05, 0) is 46.1 Å². The Balaban J connectivity index is 2.00. The van der Waals surface area contributed by atoms with Gasteiger partial charge in [0.15, 0.2) is 0 Å². The number of aliphatic hydroxyl groups is 1. The molecule has 0 aliphatic carbocycles. The van der Waals surface area contributed by atoms with Crippen LogP contribution in [0.4, 0.5) is 0 Å². The summed E-state index contributed by atoms with van der Waals surface area (Å²) >= 11 is 0. The summed E-state index contributed by atoms with van der Waals surface area (Å²) in [4.78, 5) is 0. The maximum atomic E-state index is 9.64. The molecule has 1 unspecified atom stereocenters. The molecule has 112 valence electrons. The van der Waals surface area contributed by atoms with Gasteiger partial charge < -0.3 is 15.2 Å². The topological polar surface area (TPSA) is 41.5 Å². The molecule has 0 radical (unpaired) electrons. The average Bonchev–Trinajstić information content (AvgIpc) is 2.57. The van der Waals surface area contributed by atoms with Crippen LogP contribution in [0.25, 0.3) is 0 Å². The monoisotopic (exact) mass is 277 g/mol. The number of aliphatic hydroxyl groups excluding tert-OH is 1. The summed E-state index contributed by atoms with van der Waals surface area (Å²) in [5.41, 5.74) is 0.941. The molecule has 2 atom stereocenters. The fourth-order valence-corrected chi connectivity index (χ4v) is 3.18. The molecule has 0 spiro atoms. The van der Waals surface area contributed by atoms with Crippen molar-refractivity contribution in [1.82, 2.24) is 5.32 Å². The first kappa shape index (κ1) is 15.5. The van der Waals surface area contributed by atoms with Crippen molar-refractivity contribution in [2.24, 2.45) is 0 Å². The highest BCUT2D eigenvalue weighted by molar-refractivity contribution is 5.16. The first-order valence-electron chi connectivity index (χ1n) is 7.43. The van der Waals surface area contributed by atoms with Gasteiger partial charge in [0.25, 0.3) is 0 Å². The fourth-order valence-electron chi connectivity index (χ4n) is 3.18. The highest BCUT2D eigenvalue weighted by atomic mass is 16.5. The lowest BCUT2D eigenvalue weighted by atomic mass is 9.93. The largest absolute Gasteiger partial charge is 0.395 e. The summed E-state index contributed by atoms with van der Waals surface area (Å²) in [6.07, 6.45) is 1.80. The van der Waals surface area contributed by atoms with E-state index in [4.69, 9.17) is 4.74 Å². The molecule has 1 fully saturated rings. The van der Waals surface area contributed by atoms with Crippen molar-refractivity contribution in [3.63, 3.8) is 0 Å². The van der Waals surface area contributed by atoms with Gasteiger partial charge >= 0.3 is 0 Å². The van der Waals surface area contributed by atoms with E-state index < -0.39 is 0 Å². The molecule has 1 aromatic carbocycles. The SMILES string of the molecule is CC1(C)CC(N[C@@H](CO)Cc2ccccc2)C(C)(C)O1. The Hall–Kier alpha value is -0.900. The number of nitrogens with one attached hydrogen (secondary N) is 1. The lowest BCUT2D eigenvalue weighted by Crippen LogP contribution is -2.50. The van der Waals surface area contributed by atoms with Crippen molar-refractivity contribution in [3.8, 4) is 0 Å². The van der Waals surface area contributed by atoms with Crippen LogP contribution in [0.15, 0.2) is 30.3 Å². The second-order valence-corrected chi connectivity index (χ2v) is 6.96. The molecule has 1 saturated heterocycles. The van der Waals surface area contributed by atoms with Crippen LogP contribution in [-0.2, 0) is 11.2 Å².